The Hall–Kier alpha value is -5.80. The summed E-state index contributed by atoms with van der Waals surface area (Å²) in [6.07, 6.45) is 0. The quantitative estimate of drug-likeness (QED) is 0.209. The largest absolute Gasteiger partial charge is 0.497 e. The summed E-state index contributed by atoms with van der Waals surface area (Å²) in [5, 5.41) is 10.4. The van der Waals surface area contributed by atoms with E-state index in [9.17, 15) is 5.26 Å². The monoisotopic (exact) mass is 561 g/mol. The molecule has 0 aliphatic carbocycles. The fourth-order valence-corrected chi connectivity index (χ4v) is 5.69. The number of hydrogen-bond acceptors (Lipinski definition) is 6. The number of anilines is 3. The number of aryl methyl sites for hydroxylation is 1. The summed E-state index contributed by atoms with van der Waals surface area (Å²) in [5.74, 6) is 2.94. The van der Waals surface area contributed by atoms with E-state index in [-0.39, 0.29) is 0 Å². The van der Waals surface area contributed by atoms with E-state index in [0.29, 0.717) is 17.1 Å². The fourth-order valence-electron chi connectivity index (χ4n) is 5.69. The average Bonchev–Trinajstić information content (AvgIpc) is 3.07. The maximum absolute atomic E-state index is 9.40. The van der Waals surface area contributed by atoms with Crippen molar-refractivity contribution in [1.82, 2.24) is 4.98 Å². The number of benzene rings is 5. The first-order valence-electron chi connectivity index (χ1n) is 13.9. The SMILES string of the molecule is COc1cc(OC)cc(-c2cc(-c3ccc(C#N)cc3)nc3c(N4c5ccccc5Oc5ccccc54)ccc(C)c23)c1. The van der Waals surface area contributed by atoms with E-state index in [2.05, 4.69) is 48.2 Å². The first-order chi connectivity index (χ1) is 21.1. The number of hydrogen-bond donors (Lipinski definition) is 0. The van der Waals surface area contributed by atoms with Gasteiger partial charge in [-0.15, -0.1) is 0 Å². The van der Waals surface area contributed by atoms with Gasteiger partial charge in [0.15, 0.2) is 11.5 Å². The second kappa shape index (κ2) is 10.6. The van der Waals surface area contributed by atoms with Crippen molar-refractivity contribution in [2.24, 2.45) is 0 Å². The smallest absolute Gasteiger partial charge is 0.151 e. The fraction of sp³-hybridized carbons (Fsp3) is 0.0811. The van der Waals surface area contributed by atoms with Crippen molar-refractivity contribution in [3.05, 3.63) is 120 Å². The predicted molar refractivity (Wildman–Crippen MR) is 170 cm³/mol. The second-order valence-electron chi connectivity index (χ2n) is 10.3. The molecule has 0 spiro atoms. The number of aromatic nitrogens is 1. The number of pyridine rings is 1. The molecule has 1 aromatic heterocycles. The summed E-state index contributed by atoms with van der Waals surface area (Å²) < 4.78 is 17.6. The van der Waals surface area contributed by atoms with Crippen molar-refractivity contribution < 1.29 is 14.2 Å². The van der Waals surface area contributed by atoms with E-state index in [1.807, 2.05) is 78.9 Å². The normalized spacial score (nSPS) is 11.7. The third kappa shape index (κ3) is 4.48. The van der Waals surface area contributed by atoms with Crippen molar-refractivity contribution in [2.45, 2.75) is 6.92 Å². The highest BCUT2D eigenvalue weighted by Crippen LogP contribution is 2.52. The average molecular weight is 562 g/mol. The minimum Gasteiger partial charge on any atom is -0.497 e. The molecule has 0 bridgehead atoms. The summed E-state index contributed by atoms with van der Waals surface area (Å²) in [6, 6.07) is 38.1. The van der Waals surface area contributed by atoms with Crippen LogP contribution < -0.4 is 19.1 Å². The number of para-hydroxylation sites is 4. The van der Waals surface area contributed by atoms with E-state index >= 15 is 0 Å². The van der Waals surface area contributed by atoms with E-state index in [1.165, 1.54) is 0 Å². The molecule has 43 heavy (non-hydrogen) atoms. The van der Waals surface area contributed by atoms with Crippen LogP contribution in [0.3, 0.4) is 0 Å². The Labute approximate surface area is 250 Å². The molecular weight excluding hydrogens is 534 g/mol. The van der Waals surface area contributed by atoms with Gasteiger partial charge >= 0.3 is 0 Å². The molecule has 6 heteroatoms. The van der Waals surface area contributed by atoms with Crippen molar-refractivity contribution in [3.8, 4) is 51.5 Å². The maximum Gasteiger partial charge on any atom is 0.151 e. The van der Waals surface area contributed by atoms with Crippen LogP contribution in [0.1, 0.15) is 11.1 Å². The molecule has 1 aliphatic heterocycles. The van der Waals surface area contributed by atoms with Gasteiger partial charge in [0.25, 0.3) is 0 Å². The van der Waals surface area contributed by atoms with Gasteiger partial charge in [-0.05, 0) is 84.3 Å². The lowest BCUT2D eigenvalue weighted by Crippen LogP contribution is -2.16. The van der Waals surface area contributed by atoms with E-state index in [4.69, 9.17) is 19.2 Å². The van der Waals surface area contributed by atoms with Crippen LogP contribution in [0.5, 0.6) is 23.0 Å². The number of nitriles is 1. The molecular formula is C37H27N3O3. The summed E-state index contributed by atoms with van der Waals surface area (Å²) in [6.45, 7) is 2.11. The third-order valence-electron chi connectivity index (χ3n) is 7.79. The Morgan fingerprint density at radius 1 is 0.698 bits per heavy atom. The molecule has 0 radical (unpaired) electrons. The summed E-state index contributed by atoms with van der Waals surface area (Å²) in [4.78, 5) is 7.55. The van der Waals surface area contributed by atoms with Gasteiger partial charge < -0.3 is 19.1 Å². The first-order valence-corrected chi connectivity index (χ1v) is 13.9. The van der Waals surface area contributed by atoms with Crippen LogP contribution in [-0.2, 0) is 0 Å². The minimum absolute atomic E-state index is 0.598. The van der Waals surface area contributed by atoms with E-state index < -0.39 is 0 Å². The molecule has 0 unspecified atom stereocenters. The summed E-state index contributed by atoms with van der Waals surface area (Å²) in [5.41, 5.74) is 8.95. The summed E-state index contributed by atoms with van der Waals surface area (Å²) >= 11 is 0. The van der Waals surface area contributed by atoms with Crippen molar-refractivity contribution in [2.75, 3.05) is 19.1 Å². The molecule has 0 N–H and O–H groups in total. The zero-order valence-corrected chi connectivity index (χ0v) is 24.0. The highest BCUT2D eigenvalue weighted by molar-refractivity contribution is 6.07. The number of methoxy groups -OCH3 is 2. The second-order valence-corrected chi connectivity index (χ2v) is 10.3. The molecule has 0 saturated heterocycles. The number of fused-ring (bicyclic) bond motifs is 3. The molecule has 6 nitrogen and oxygen atoms in total. The number of nitrogens with zero attached hydrogens (tertiary/aromatic N) is 3. The highest BCUT2D eigenvalue weighted by Gasteiger charge is 2.28. The van der Waals surface area contributed by atoms with E-state index in [0.717, 1.165) is 67.4 Å². The van der Waals surface area contributed by atoms with Gasteiger partial charge in [0, 0.05) is 17.0 Å². The van der Waals surface area contributed by atoms with Crippen LogP contribution in [-0.4, -0.2) is 19.2 Å². The van der Waals surface area contributed by atoms with Gasteiger partial charge in [0.05, 0.1) is 54.1 Å². The topological polar surface area (TPSA) is 67.6 Å². The Balaban J connectivity index is 1.57. The Bertz CT molecular complexity index is 1990. The van der Waals surface area contributed by atoms with Gasteiger partial charge in [-0.1, -0.05) is 42.5 Å². The number of ether oxygens (including phenoxy) is 3. The Morgan fingerprint density at radius 2 is 1.33 bits per heavy atom. The van der Waals surface area contributed by atoms with Crippen LogP contribution in [0.4, 0.5) is 17.1 Å². The molecule has 208 valence electrons. The zero-order valence-electron chi connectivity index (χ0n) is 24.0. The van der Waals surface area contributed by atoms with Crippen molar-refractivity contribution in [1.29, 1.82) is 5.26 Å². The first kappa shape index (κ1) is 26.1. The van der Waals surface area contributed by atoms with Crippen LogP contribution in [0.15, 0.2) is 109 Å². The third-order valence-corrected chi connectivity index (χ3v) is 7.79. The van der Waals surface area contributed by atoms with Crippen LogP contribution in [0.2, 0.25) is 0 Å². The molecule has 5 aromatic carbocycles. The zero-order chi connectivity index (χ0) is 29.5. The van der Waals surface area contributed by atoms with Crippen LogP contribution >= 0.6 is 0 Å². The van der Waals surface area contributed by atoms with Gasteiger partial charge in [0.1, 0.15) is 11.5 Å². The van der Waals surface area contributed by atoms with Gasteiger partial charge in [-0.3, -0.25) is 0 Å². The molecule has 0 fully saturated rings. The molecule has 1 aliphatic rings. The standard InChI is InChI=1S/C37H27N3O3/c1-23-12-17-33(40-31-8-4-6-10-34(31)43-35-11-7-5-9-32(35)40)37-36(23)29(26-18-27(41-2)20-28(19-26)42-3)21-30(39-37)25-15-13-24(22-38)14-16-25/h4-21H,1-3H3. The van der Waals surface area contributed by atoms with E-state index in [1.54, 1.807) is 14.2 Å². The molecule has 0 amide bonds. The lowest BCUT2D eigenvalue weighted by Gasteiger charge is -2.33. The summed E-state index contributed by atoms with van der Waals surface area (Å²) in [7, 11) is 3.31. The van der Waals surface area contributed by atoms with Gasteiger partial charge in [-0.25, -0.2) is 4.98 Å². The van der Waals surface area contributed by atoms with Gasteiger partial charge in [-0.2, -0.15) is 5.26 Å². The van der Waals surface area contributed by atoms with Crippen LogP contribution in [0, 0.1) is 18.3 Å². The van der Waals surface area contributed by atoms with Gasteiger partial charge in [0.2, 0.25) is 0 Å². The predicted octanol–water partition coefficient (Wildman–Crippen LogP) is 9.34. The number of rotatable bonds is 5. The van der Waals surface area contributed by atoms with Crippen LogP contribution in [0.25, 0.3) is 33.3 Å². The molecule has 7 rings (SSSR count). The Kier molecular flexibility index (Phi) is 6.41. The molecule has 6 aromatic rings. The molecule has 2 heterocycles. The lowest BCUT2D eigenvalue weighted by molar-refractivity contribution is 0.394. The molecule has 0 atom stereocenters. The minimum atomic E-state index is 0.598. The maximum atomic E-state index is 9.40. The van der Waals surface area contributed by atoms with Crippen molar-refractivity contribution in [3.63, 3.8) is 0 Å². The van der Waals surface area contributed by atoms with Crippen molar-refractivity contribution >= 4 is 28.0 Å². The molecule has 0 saturated carbocycles. The highest BCUT2D eigenvalue weighted by atomic mass is 16.5. The Morgan fingerprint density at radius 3 is 1.93 bits per heavy atom. The lowest BCUT2D eigenvalue weighted by atomic mass is 9.94.